The molecular formula is C23H22FN5O. The predicted octanol–water partition coefficient (Wildman–Crippen LogP) is 4.83. The Balaban J connectivity index is 2.18. The van der Waals surface area contributed by atoms with Crippen LogP contribution in [0.4, 0.5) is 10.2 Å². The van der Waals surface area contributed by atoms with E-state index in [9.17, 15) is 9.18 Å². The number of halogens is 1. The standard InChI is InChI=1S/C23H22FN5O/c1-6-19-28-20(15-8-10-17(24)11-9-15)21(29(19)26-7-2)16-12-13-25-18(14-16)27-22(30)23(3,4)5/h6-8,10,12-14H,1H2,2-5H3,(H,25,27,30)/b26-7-. The van der Waals surface area contributed by atoms with E-state index in [0.717, 1.165) is 0 Å². The molecule has 152 valence electrons. The fourth-order valence-corrected chi connectivity index (χ4v) is 2.70. The molecule has 0 atom stereocenters. The number of aromatic nitrogens is 3. The molecule has 1 aromatic carbocycles. The summed E-state index contributed by atoms with van der Waals surface area (Å²) in [6.07, 6.45) is 4.81. The molecule has 2 heterocycles. The lowest BCUT2D eigenvalue weighted by Gasteiger charge is -2.17. The van der Waals surface area contributed by atoms with Crippen molar-refractivity contribution in [2.24, 2.45) is 10.5 Å². The number of anilines is 1. The Morgan fingerprint density at radius 1 is 1.30 bits per heavy atom. The molecule has 0 unspecified atom stereocenters. The van der Waals surface area contributed by atoms with Gasteiger partial charge in [-0.1, -0.05) is 33.4 Å². The summed E-state index contributed by atoms with van der Waals surface area (Å²) in [5.74, 6) is 0.251. The van der Waals surface area contributed by atoms with Crippen molar-refractivity contribution in [3.8, 4) is 22.5 Å². The van der Waals surface area contributed by atoms with Crippen molar-refractivity contribution < 1.29 is 9.18 Å². The molecule has 3 rings (SSSR count). The maximum atomic E-state index is 13.4. The van der Waals surface area contributed by atoms with Crippen LogP contribution in [-0.2, 0) is 4.79 Å². The van der Waals surface area contributed by atoms with Gasteiger partial charge in [0.2, 0.25) is 5.91 Å². The number of carbonyl (C=O) groups is 1. The first-order valence-corrected chi connectivity index (χ1v) is 9.36. The minimum absolute atomic E-state index is 0.152. The zero-order valence-electron chi connectivity index (χ0n) is 17.3. The van der Waals surface area contributed by atoms with Crippen molar-refractivity contribution >= 4 is 24.0 Å². The number of nitrogens with one attached hydrogen (secondary N) is 1. The average molecular weight is 403 g/mol. The van der Waals surface area contributed by atoms with Crippen molar-refractivity contribution in [1.29, 1.82) is 0 Å². The number of imidazole rings is 1. The highest BCUT2D eigenvalue weighted by atomic mass is 19.1. The molecule has 0 spiro atoms. The van der Waals surface area contributed by atoms with Gasteiger partial charge in [-0.25, -0.2) is 14.6 Å². The van der Waals surface area contributed by atoms with E-state index in [1.54, 1.807) is 48.3 Å². The molecule has 0 fully saturated rings. The normalized spacial score (nSPS) is 11.4. The minimum Gasteiger partial charge on any atom is -0.310 e. The second-order valence-corrected chi connectivity index (χ2v) is 7.54. The molecule has 0 saturated heterocycles. The van der Waals surface area contributed by atoms with Crippen molar-refractivity contribution in [2.75, 3.05) is 5.32 Å². The molecule has 1 N–H and O–H groups in total. The number of rotatable bonds is 5. The second-order valence-electron chi connectivity index (χ2n) is 7.54. The van der Waals surface area contributed by atoms with Gasteiger partial charge in [0.15, 0.2) is 11.6 Å². The number of hydrogen-bond donors (Lipinski definition) is 1. The Kier molecular flexibility index (Phi) is 5.79. The van der Waals surface area contributed by atoms with Crippen LogP contribution in [-0.4, -0.2) is 26.8 Å². The molecule has 1 amide bonds. The van der Waals surface area contributed by atoms with Crippen LogP contribution in [0.2, 0.25) is 0 Å². The Morgan fingerprint density at radius 2 is 2.07 bits per heavy atom. The smallest absolute Gasteiger partial charge is 0.230 e. The van der Waals surface area contributed by atoms with Crippen molar-refractivity contribution in [3.05, 3.63) is 60.8 Å². The molecule has 6 nitrogen and oxygen atoms in total. The Morgan fingerprint density at radius 3 is 2.67 bits per heavy atom. The Bertz CT molecular complexity index is 1110. The summed E-state index contributed by atoms with van der Waals surface area (Å²) in [6, 6.07) is 11.6. The van der Waals surface area contributed by atoms with Gasteiger partial charge in [-0.05, 0) is 43.3 Å². The topological polar surface area (TPSA) is 72.2 Å². The molecule has 30 heavy (non-hydrogen) atoms. The largest absolute Gasteiger partial charge is 0.310 e. The van der Waals surface area contributed by atoms with Crippen LogP contribution < -0.4 is 5.32 Å². The van der Waals surface area contributed by atoms with E-state index in [4.69, 9.17) is 0 Å². The number of hydrogen-bond acceptors (Lipinski definition) is 4. The third-order valence-electron chi connectivity index (χ3n) is 4.22. The van der Waals surface area contributed by atoms with Gasteiger partial charge in [0.1, 0.15) is 17.2 Å². The van der Waals surface area contributed by atoms with Gasteiger partial charge >= 0.3 is 0 Å². The lowest BCUT2D eigenvalue weighted by molar-refractivity contribution is -0.123. The van der Waals surface area contributed by atoms with E-state index in [-0.39, 0.29) is 5.91 Å². The first kappa shape index (κ1) is 20.9. The van der Waals surface area contributed by atoms with E-state index in [1.807, 2.05) is 20.8 Å². The van der Waals surface area contributed by atoms with E-state index in [0.29, 0.717) is 34.2 Å². The van der Waals surface area contributed by atoms with Crippen molar-refractivity contribution in [3.63, 3.8) is 0 Å². The zero-order valence-corrected chi connectivity index (χ0v) is 17.3. The van der Waals surface area contributed by atoms with Gasteiger partial charge in [0.05, 0.1) is 5.56 Å². The first-order chi connectivity index (χ1) is 14.2. The monoisotopic (exact) mass is 403 g/mol. The van der Waals surface area contributed by atoms with Gasteiger partial charge in [-0.2, -0.15) is 9.49 Å². The quantitative estimate of drug-likeness (QED) is 0.620. The SMILES string of the molecule is C=Cc1nc(-c2c#cc(F)cc2)c(-c2ccnc(NC(=O)C(C)(C)C)c2)n1/N=C\C. The van der Waals surface area contributed by atoms with E-state index >= 15 is 0 Å². The molecular weight excluding hydrogens is 381 g/mol. The number of amides is 1. The molecule has 7 heteroatoms. The lowest BCUT2D eigenvalue weighted by atomic mass is 9.96. The van der Waals surface area contributed by atoms with Gasteiger partial charge in [-0.3, -0.25) is 4.79 Å². The zero-order chi connectivity index (χ0) is 21.9. The Labute approximate surface area is 175 Å². The molecule has 2 aromatic heterocycles. The van der Waals surface area contributed by atoms with Crippen LogP contribution in [0.15, 0.2) is 42.1 Å². The molecule has 0 bridgehead atoms. The summed E-state index contributed by atoms with van der Waals surface area (Å²) in [5.41, 5.74) is 1.87. The molecule has 0 aliphatic carbocycles. The highest BCUT2D eigenvalue weighted by Gasteiger charge is 2.23. The highest BCUT2D eigenvalue weighted by molar-refractivity contribution is 5.94. The molecule has 0 aliphatic heterocycles. The summed E-state index contributed by atoms with van der Waals surface area (Å²) in [7, 11) is 0. The Hall–Kier alpha value is -3.79. The number of carbonyl (C=O) groups excluding carboxylic acids is 1. The van der Waals surface area contributed by atoms with Gasteiger partial charge in [0, 0.05) is 23.4 Å². The van der Waals surface area contributed by atoms with Crippen LogP contribution in [0.25, 0.3) is 28.6 Å². The minimum atomic E-state index is -0.563. The average Bonchev–Trinajstić information content (AvgIpc) is 3.07. The molecule has 3 aromatic rings. The fraction of sp³-hybridized carbons (Fsp3) is 0.217. The molecule has 0 saturated carbocycles. The van der Waals surface area contributed by atoms with E-state index < -0.39 is 11.2 Å². The number of pyridine rings is 1. The van der Waals surface area contributed by atoms with Crippen LogP contribution in [0.1, 0.15) is 33.5 Å². The van der Waals surface area contributed by atoms with Crippen LogP contribution in [0, 0.1) is 23.4 Å². The van der Waals surface area contributed by atoms with Crippen molar-refractivity contribution in [1.82, 2.24) is 14.6 Å². The summed E-state index contributed by atoms with van der Waals surface area (Å²) in [5, 5.41) is 7.23. The molecule has 0 aliphatic rings. The second kappa shape index (κ2) is 8.29. The van der Waals surface area contributed by atoms with Gasteiger partial charge < -0.3 is 5.32 Å². The summed E-state index contributed by atoms with van der Waals surface area (Å²) in [4.78, 5) is 21.2. The lowest BCUT2D eigenvalue weighted by Crippen LogP contribution is -2.28. The molecule has 0 radical (unpaired) electrons. The van der Waals surface area contributed by atoms with Gasteiger partial charge in [0.25, 0.3) is 0 Å². The van der Waals surface area contributed by atoms with Crippen LogP contribution in [0.5, 0.6) is 0 Å². The highest BCUT2D eigenvalue weighted by Crippen LogP contribution is 2.33. The predicted molar refractivity (Wildman–Crippen MR) is 116 cm³/mol. The summed E-state index contributed by atoms with van der Waals surface area (Å²) >= 11 is 0. The van der Waals surface area contributed by atoms with Crippen LogP contribution >= 0.6 is 0 Å². The van der Waals surface area contributed by atoms with Gasteiger partial charge in [-0.15, -0.1) is 0 Å². The maximum absolute atomic E-state index is 13.4. The summed E-state index contributed by atoms with van der Waals surface area (Å²) in [6.45, 7) is 11.1. The summed E-state index contributed by atoms with van der Waals surface area (Å²) < 4.78 is 15.0. The maximum Gasteiger partial charge on any atom is 0.230 e. The third-order valence-corrected chi connectivity index (χ3v) is 4.22. The van der Waals surface area contributed by atoms with Crippen molar-refractivity contribution in [2.45, 2.75) is 27.7 Å². The van der Waals surface area contributed by atoms with Crippen LogP contribution in [0.3, 0.4) is 0 Å². The van der Waals surface area contributed by atoms with E-state index in [2.05, 4.69) is 39.1 Å². The van der Waals surface area contributed by atoms with E-state index in [1.165, 1.54) is 6.07 Å². The first-order valence-electron chi connectivity index (χ1n) is 9.36. The number of nitrogens with zero attached hydrogens (tertiary/aromatic N) is 4. The third kappa shape index (κ3) is 4.28. The fourth-order valence-electron chi connectivity index (χ4n) is 2.70.